The molecule has 6 nitrogen and oxygen atoms in total. The maximum Gasteiger partial charge on any atom is 0.225 e. The maximum atomic E-state index is 9.26. The summed E-state index contributed by atoms with van der Waals surface area (Å²) in [5.41, 5.74) is 3.66. The first-order valence-corrected chi connectivity index (χ1v) is 9.99. The number of nitriles is 1. The number of pyridine rings is 1. The van der Waals surface area contributed by atoms with E-state index in [1.54, 1.807) is 12.4 Å². The van der Waals surface area contributed by atoms with Gasteiger partial charge in [0, 0.05) is 49.5 Å². The van der Waals surface area contributed by atoms with E-state index in [1.165, 1.54) is 0 Å². The van der Waals surface area contributed by atoms with Gasteiger partial charge >= 0.3 is 0 Å². The molecule has 0 saturated carbocycles. The Morgan fingerprint density at radius 1 is 0.800 bits per heavy atom. The lowest BCUT2D eigenvalue weighted by Gasteiger charge is -2.35. The van der Waals surface area contributed by atoms with Gasteiger partial charge in [0.1, 0.15) is 5.82 Å². The normalized spacial score (nSPS) is 14.0. The average Bonchev–Trinajstić information content (AvgIpc) is 2.84. The van der Waals surface area contributed by atoms with E-state index in [-0.39, 0.29) is 0 Å². The Balaban J connectivity index is 1.45. The van der Waals surface area contributed by atoms with Crippen molar-refractivity contribution in [3.05, 3.63) is 78.6 Å². The first-order valence-electron chi connectivity index (χ1n) is 9.99. The lowest BCUT2D eigenvalue weighted by Crippen LogP contribution is -2.47. The van der Waals surface area contributed by atoms with Gasteiger partial charge in [0.25, 0.3) is 0 Å². The number of rotatable bonds is 3. The second kappa shape index (κ2) is 7.80. The molecule has 5 rings (SSSR count). The van der Waals surface area contributed by atoms with Gasteiger partial charge in [0.05, 0.1) is 17.1 Å². The zero-order chi connectivity index (χ0) is 20.3. The molecule has 146 valence electrons. The fourth-order valence-corrected chi connectivity index (χ4v) is 3.89. The number of piperazine rings is 1. The Kier molecular flexibility index (Phi) is 4.70. The third-order valence-electron chi connectivity index (χ3n) is 5.45. The molecule has 1 fully saturated rings. The van der Waals surface area contributed by atoms with Crippen molar-refractivity contribution >= 4 is 22.7 Å². The van der Waals surface area contributed by atoms with Crippen LogP contribution >= 0.6 is 0 Å². The molecule has 0 aliphatic carbocycles. The third kappa shape index (κ3) is 3.42. The molecule has 0 radical (unpaired) electrons. The van der Waals surface area contributed by atoms with Crippen LogP contribution in [-0.2, 0) is 0 Å². The summed E-state index contributed by atoms with van der Waals surface area (Å²) in [6.45, 7) is 3.44. The fourth-order valence-electron chi connectivity index (χ4n) is 3.89. The van der Waals surface area contributed by atoms with Gasteiger partial charge in [-0.05, 0) is 35.9 Å². The molecule has 30 heavy (non-hydrogen) atoms. The van der Waals surface area contributed by atoms with E-state index in [0.29, 0.717) is 5.56 Å². The molecule has 0 N–H and O–H groups in total. The standard InChI is InChI=1S/C24H20N6/c25-17-18-4-1-6-20(16-18)21-7-2-5-19-8-9-22(28-23(19)21)29-12-14-30(15-13-29)24-26-10-3-11-27-24/h1-11,16H,12-15H2. The van der Waals surface area contributed by atoms with Gasteiger partial charge in [-0.25, -0.2) is 15.0 Å². The van der Waals surface area contributed by atoms with Crippen LogP contribution in [0, 0.1) is 11.3 Å². The van der Waals surface area contributed by atoms with Crippen LogP contribution in [0.15, 0.2) is 73.1 Å². The van der Waals surface area contributed by atoms with E-state index in [9.17, 15) is 5.26 Å². The monoisotopic (exact) mass is 392 g/mol. The molecule has 0 amide bonds. The van der Waals surface area contributed by atoms with Crippen molar-refractivity contribution in [2.24, 2.45) is 0 Å². The summed E-state index contributed by atoms with van der Waals surface area (Å²) >= 11 is 0. The zero-order valence-corrected chi connectivity index (χ0v) is 16.4. The minimum absolute atomic E-state index is 0.653. The summed E-state index contributed by atoms with van der Waals surface area (Å²) in [5, 5.41) is 10.3. The van der Waals surface area contributed by atoms with Gasteiger partial charge in [-0.1, -0.05) is 30.3 Å². The van der Waals surface area contributed by atoms with Crippen LogP contribution in [0.1, 0.15) is 5.56 Å². The number of fused-ring (bicyclic) bond motifs is 1. The van der Waals surface area contributed by atoms with Crippen LogP contribution in [-0.4, -0.2) is 41.1 Å². The molecule has 1 aliphatic heterocycles. The van der Waals surface area contributed by atoms with Gasteiger partial charge in [-0.2, -0.15) is 5.26 Å². The highest BCUT2D eigenvalue weighted by Crippen LogP contribution is 2.30. The summed E-state index contributed by atoms with van der Waals surface area (Å²) < 4.78 is 0. The first kappa shape index (κ1) is 18.1. The number of aromatic nitrogens is 3. The molecule has 2 aromatic carbocycles. The van der Waals surface area contributed by atoms with E-state index in [1.807, 2.05) is 36.4 Å². The lowest BCUT2D eigenvalue weighted by atomic mass is 10.0. The number of anilines is 2. The quantitative estimate of drug-likeness (QED) is 0.527. The van der Waals surface area contributed by atoms with Crippen molar-refractivity contribution in [2.75, 3.05) is 36.0 Å². The second-order valence-corrected chi connectivity index (χ2v) is 7.26. The summed E-state index contributed by atoms with van der Waals surface area (Å²) in [7, 11) is 0. The minimum Gasteiger partial charge on any atom is -0.353 e. The van der Waals surface area contributed by atoms with Crippen LogP contribution in [0.3, 0.4) is 0 Å². The topological polar surface area (TPSA) is 68.9 Å². The number of hydrogen-bond acceptors (Lipinski definition) is 6. The number of hydrogen-bond donors (Lipinski definition) is 0. The van der Waals surface area contributed by atoms with E-state index < -0.39 is 0 Å². The Bertz CT molecular complexity index is 1220. The molecule has 4 aromatic rings. The van der Waals surface area contributed by atoms with Crippen molar-refractivity contribution in [1.82, 2.24) is 15.0 Å². The number of nitrogens with zero attached hydrogens (tertiary/aromatic N) is 6. The number of para-hydroxylation sites is 1. The molecule has 0 spiro atoms. The van der Waals surface area contributed by atoms with Crippen LogP contribution in [0.25, 0.3) is 22.0 Å². The predicted molar refractivity (Wildman–Crippen MR) is 118 cm³/mol. The highest BCUT2D eigenvalue weighted by Gasteiger charge is 2.20. The van der Waals surface area contributed by atoms with Crippen LogP contribution < -0.4 is 9.80 Å². The van der Waals surface area contributed by atoms with Crippen LogP contribution in [0.5, 0.6) is 0 Å². The smallest absolute Gasteiger partial charge is 0.225 e. The Morgan fingerprint density at radius 3 is 2.37 bits per heavy atom. The van der Waals surface area contributed by atoms with Crippen molar-refractivity contribution in [3.63, 3.8) is 0 Å². The zero-order valence-electron chi connectivity index (χ0n) is 16.4. The van der Waals surface area contributed by atoms with Gasteiger partial charge in [-0.15, -0.1) is 0 Å². The van der Waals surface area contributed by atoms with Crippen molar-refractivity contribution < 1.29 is 0 Å². The van der Waals surface area contributed by atoms with Gasteiger partial charge in [0.2, 0.25) is 5.95 Å². The van der Waals surface area contributed by atoms with Crippen molar-refractivity contribution in [3.8, 4) is 17.2 Å². The molecule has 1 saturated heterocycles. The average molecular weight is 392 g/mol. The summed E-state index contributed by atoms with van der Waals surface area (Å²) in [5.74, 6) is 1.75. The SMILES string of the molecule is N#Cc1cccc(-c2cccc3ccc(N4CCN(c5ncccn5)CC4)nc23)c1. The van der Waals surface area contributed by atoms with E-state index in [0.717, 1.165) is 60.0 Å². The predicted octanol–water partition coefficient (Wildman–Crippen LogP) is 3.89. The first-order chi connectivity index (χ1) is 14.8. The summed E-state index contributed by atoms with van der Waals surface area (Å²) in [4.78, 5) is 18.2. The molecule has 6 heteroatoms. The van der Waals surface area contributed by atoms with Gasteiger partial charge < -0.3 is 9.80 Å². The summed E-state index contributed by atoms with van der Waals surface area (Å²) in [6.07, 6.45) is 3.56. The van der Waals surface area contributed by atoms with Crippen LogP contribution in [0.2, 0.25) is 0 Å². The Morgan fingerprint density at radius 2 is 1.57 bits per heavy atom. The molecular formula is C24H20N6. The Hall–Kier alpha value is -3.98. The maximum absolute atomic E-state index is 9.26. The van der Waals surface area contributed by atoms with Gasteiger partial charge in [0.15, 0.2) is 0 Å². The lowest BCUT2D eigenvalue weighted by molar-refractivity contribution is 0.635. The highest BCUT2D eigenvalue weighted by atomic mass is 15.3. The van der Waals surface area contributed by atoms with Gasteiger partial charge in [-0.3, -0.25) is 0 Å². The Labute approximate surface area is 175 Å². The molecule has 3 heterocycles. The third-order valence-corrected chi connectivity index (χ3v) is 5.45. The van der Waals surface area contributed by atoms with Crippen molar-refractivity contribution in [2.45, 2.75) is 0 Å². The number of benzene rings is 2. The second-order valence-electron chi connectivity index (χ2n) is 7.26. The van der Waals surface area contributed by atoms with E-state index >= 15 is 0 Å². The van der Waals surface area contributed by atoms with Crippen molar-refractivity contribution in [1.29, 1.82) is 5.26 Å². The summed E-state index contributed by atoms with van der Waals surface area (Å²) in [6, 6.07) is 22.2. The fraction of sp³-hybridized carbons (Fsp3) is 0.167. The molecule has 0 bridgehead atoms. The molecule has 2 aromatic heterocycles. The minimum atomic E-state index is 0.653. The molecule has 0 atom stereocenters. The largest absolute Gasteiger partial charge is 0.353 e. The van der Waals surface area contributed by atoms with E-state index in [4.69, 9.17) is 4.98 Å². The molecular weight excluding hydrogens is 372 g/mol. The highest BCUT2D eigenvalue weighted by molar-refractivity contribution is 5.94. The van der Waals surface area contributed by atoms with E-state index in [2.05, 4.69) is 50.1 Å². The van der Waals surface area contributed by atoms with Crippen LogP contribution in [0.4, 0.5) is 11.8 Å². The molecule has 1 aliphatic rings. The molecule has 0 unspecified atom stereocenters.